The number of esters is 1. The van der Waals surface area contributed by atoms with Gasteiger partial charge in [-0.05, 0) is 42.5 Å². The molecule has 6 nitrogen and oxygen atoms in total. The first kappa shape index (κ1) is 22.7. The fourth-order valence-corrected chi connectivity index (χ4v) is 3.42. The fourth-order valence-electron chi connectivity index (χ4n) is 3.42. The fraction of sp³-hybridized carbons (Fsp3) is 0.364. The van der Waals surface area contributed by atoms with Gasteiger partial charge in [-0.1, -0.05) is 42.5 Å². The minimum Gasteiger partial charge on any atom is -0.497 e. The highest BCUT2D eigenvalue weighted by molar-refractivity contribution is 5.88. The number of carbonyl (C=O) groups is 2. The molecule has 0 radical (unpaired) electrons. The van der Waals surface area contributed by atoms with Crippen LogP contribution in [-0.4, -0.2) is 42.5 Å². The highest BCUT2D eigenvalue weighted by Gasteiger charge is 2.37. The summed E-state index contributed by atoms with van der Waals surface area (Å²) in [6.45, 7) is 0.732. The number of hydrogen-bond donors (Lipinski definition) is 1. The molecule has 0 unspecified atom stereocenters. The zero-order valence-electron chi connectivity index (χ0n) is 16.5. The maximum Gasteiger partial charge on any atom is 0.329 e. The average Bonchev–Trinajstić information content (AvgIpc) is 3.22. The van der Waals surface area contributed by atoms with Crippen LogP contribution < -0.4 is 10.5 Å². The van der Waals surface area contributed by atoms with Gasteiger partial charge in [-0.3, -0.25) is 4.79 Å². The summed E-state index contributed by atoms with van der Waals surface area (Å²) in [7, 11) is 1.61. The van der Waals surface area contributed by atoms with E-state index in [1.54, 1.807) is 12.0 Å². The number of methoxy groups -OCH3 is 1. The van der Waals surface area contributed by atoms with Crippen molar-refractivity contribution < 1.29 is 19.1 Å². The van der Waals surface area contributed by atoms with Gasteiger partial charge in [-0.2, -0.15) is 0 Å². The Balaban J connectivity index is 0.00000300. The number of halogens is 1. The van der Waals surface area contributed by atoms with Gasteiger partial charge in [0.05, 0.1) is 13.2 Å². The number of rotatable bonds is 7. The van der Waals surface area contributed by atoms with E-state index >= 15 is 0 Å². The normalized spacial score (nSPS) is 16.6. The number of amides is 1. The van der Waals surface area contributed by atoms with E-state index < -0.39 is 12.1 Å². The average molecular weight is 419 g/mol. The lowest BCUT2D eigenvalue weighted by Gasteiger charge is -2.26. The molecule has 0 aromatic heterocycles. The van der Waals surface area contributed by atoms with Crippen molar-refractivity contribution in [1.82, 2.24) is 4.90 Å². The Hall–Kier alpha value is -2.57. The van der Waals surface area contributed by atoms with Crippen LogP contribution in [0.3, 0.4) is 0 Å². The number of carbonyl (C=O) groups excluding carboxylic acids is 2. The maximum atomic E-state index is 12.8. The van der Waals surface area contributed by atoms with Gasteiger partial charge in [-0.25, -0.2) is 4.79 Å². The second-order valence-corrected chi connectivity index (χ2v) is 6.94. The molecule has 2 aromatic carbocycles. The van der Waals surface area contributed by atoms with E-state index in [1.807, 2.05) is 54.6 Å². The van der Waals surface area contributed by atoms with Gasteiger partial charge >= 0.3 is 5.97 Å². The molecule has 2 atom stereocenters. The molecule has 1 amide bonds. The monoisotopic (exact) mass is 418 g/mol. The lowest BCUT2D eigenvalue weighted by molar-refractivity contribution is -0.154. The second-order valence-electron chi connectivity index (χ2n) is 6.94. The number of nitrogens with zero attached hydrogens (tertiary/aromatic N) is 1. The SMILES string of the molecule is COc1ccc(C[C@@H](N)C(=O)N2CCC[C@H]2C(=O)OCc2ccccc2)cc1.Cl. The Morgan fingerprint density at radius 1 is 1.10 bits per heavy atom. The zero-order valence-corrected chi connectivity index (χ0v) is 17.3. The van der Waals surface area contributed by atoms with Crippen molar-refractivity contribution in [2.75, 3.05) is 13.7 Å². The van der Waals surface area contributed by atoms with Gasteiger partial charge in [0.25, 0.3) is 0 Å². The van der Waals surface area contributed by atoms with Gasteiger partial charge < -0.3 is 20.1 Å². The summed E-state index contributed by atoms with van der Waals surface area (Å²) in [5, 5.41) is 0. The number of benzene rings is 2. The molecule has 1 saturated heterocycles. The molecule has 1 aliphatic rings. The number of nitrogens with two attached hydrogens (primary N) is 1. The summed E-state index contributed by atoms with van der Waals surface area (Å²) >= 11 is 0. The first-order chi connectivity index (χ1) is 13.6. The highest BCUT2D eigenvalue weighted by Crippen LogP contribution is 2.21. The molecule has 0 bridgehead atoms. The molecular weight excluding hydrogens is 392 g/mol. The van der Waals surface area contributed by atoms with Gasteiger partial charge in [0, 0.05) is 6.54 Å². The van der Waals surface area contributed by atoms with Gasteiger partial charge in [0.2, 0.25) is 5.91 Å². The van der Waals surface area contributed by atoms with E-state index in [9.17, 15) is 9.59 Å². The lowest BCUT2D eigenvalue weighted by Crippen LogP contribution is -2.49. The van der Waals surface area contributed by atoms with E-state index in [-0.39, 0.29) is 30.9 Å². The van der Waals surface area contributed by atoms with Crippen LogP contribution in [0, 0.1) is 0 Å². The quantitative estimate of drug-likeness (QED) is 0.699. The van der Waals surface area contributed by atoms with Crippen LogP contribution in [0.5, 0.6) is 5.75 Å². The summed E-state index contributed by atoms with van der Waals surface area (Å²) in [5.41, 5.74) is 8.02. The third kappa shape index (κ3) is 5.95. The van der Waals surface area contributed by atoms with Crippen LogP contribution in [0.15, 0.2) is 54.6 Å². The maximum absolute atomic E-state index is 12.8. The van der Waals surface area contributed by atoms with Crippen LogP contribution in [0.25, 0.3) is 0 Å². The molecule has 29 heavy (non-hydrogen) atoms. The van der Waals surface area contributed by atoms with Gasteiger partial charge in [0.15, 0.2) is 0 Å². The largest absolute Gasteiger partial charge is 0.497 e. The van der Waals surface area contributed by atoms with Crippen molar-refractivity contribution in [3.05, 3.63) is 65.7 Å². The van der Waals surface area contributed by atoms with Crippen LogP contribution in [0.4, 0.5) is 0 Å². The molecule has 0 spiro atoms. The molecule has 0 saturated carbocycles. The topological polar surface area (TPSA) is 81.9 Å². The van der Waals surface area contributed by atoms with Crippen LogP contribution in [0.2, 0.25) is 0 Å². The standard InChI is InChI=1S/C22H26N2O4.ClH/c1-27-18-11-9-16(10-12-18)14-19(23)21(25)24-13-5-8-20(24)22(26)28-15-17-6-3-2-4-7-17;/h2-4,6-7,9-12,19-20H,5,8,13-15,23H2,1H3;1H/t19-,20+;/m1./s1. The molecular formula is C22H27ClN2O4. The third-order valence-electron chi connectivity index (χ3n) is 4.96. The number of hydrogen-bond acceptors (Lipinski definition) is 5. The highest BCUT2D eigenvalue weighted by atomic mass is 35.5. The molecule has 2 N–H and O–H groups in total. The first-order valence-corrected chi connectivity index (χ1v) is 9.48. The van der Waals surface area contributed by atoms with Crippen molar-refractivity contribution in [3.8, 4) is 5.75 Å². The zero-order chi connectivity index (χ0) is 19.9. The minimum absolute atomic E-state index is 0. The molecule has 1 heterocycles. The van der Waals surface area contributed by atoms with E-state index in [0.29, 0.717) is 19.4 Å². The Kier molecular flexibility index (Phi) is 8.49. The van der Waals surface area contributed by atoms with Crippen LogP contribution in [0.1, 0.15) is 24.0 Å². The smallest absolute Gasteiger partial charge is 0.329 e. The van der Waals surface area contributed by atoms with Crippen molar-refractivity contribution in [2.24, 2.45) is 5.73 Å². The lowest BCUT2D eigenvalue weighted by atomic mass is 10.0. The van der Waals surface area contributed by atoms with E-state index in [2.05, 4.69) is 0 Å². The Morgan fingerprint density at radius 3 is 2.45 bits per heavy atom. The molecule has 1 fully saturated rings. The van der Waals surface area contributed by atoms with E-state index in [4.69, 9.17) is 15.2 Å². The van der Waals surface area contributed by atoms with E-state index in [0.717, 1.165) is 23.3 Å². The predicted octanol–water partition coefficient (Wildman–Crippen LogP) is 2.72. The van der Waals surface area contributed by atoms with Gasteiger partial charge in [0.1, 0.15) is 18.4 Å². The van der Waals surface area contributed by atoms with Crippen LogP contribution in [-0.2, 0) is 27.4 Å². The number of likely N-dealkylation sites (tertiary alicyclic amines) is 1. The van der Waals surface area contributed by atoms with E-state index in [1.165, 1.54) is 0 Å². The molecule has 156 valence electrons. The summed E-state index contributed by atoms with van der Waals surface area (Å²) in [6, 6.07) is 15.7. The molecule has 2 aromatic rings. The van der Waals surface area contributed by atoms with Crippen molar-refractivity contribution in [2.45, 2.75) is 38.0 Å². The number of ether oxygens (including phenoxy) is 2. The Morgan fingerprint density at radius 2 is 1.79 bits per heavy atom. The summed E-state index contributed by atoms with van der Waals surface area (Å²) in [4.78, 5) is 26.9. The third-order valence-corrected chi connectivity index (χ3v) is 4.96. The van der Waals surface area contributed by atoms with Gasteiger partial charge in [-0.15, -0.1) is 12.4 Å². The van der Waals surface area contributed by atoms with Crippen LogP contribution >= 0.6 is 12.4 Å². The molecule has 1 aliphatic heterocycles. The van der Waals surface area contributed by atoms with Crippen molar-refractivity contribution in [3.63, 3.8) is 0 Å². The summed E-state index contributed by atoms with van der Waals surface area (Å²) in [6.07, 6.45) is 1.78. The summed E-state index contributed by atoms with van der Waals surface area (Å²) in [5.74, 6) is 0.172. The Labute approximate surface area is 177 Å². The predicted molar refractivity (Wildman–Crippen MR) is 113 cm³/mol. The molecule has 3 rings (SSSR count). The first-order valence-electron chi connectivity index (χ1n) is 9.48. The molecule has 7 heteroatoms. The van der Waals surface area contributed by atoms with Crippen molar-refractivity contribution >= 4 is 24.3 Å². The molecule has 0 aliphatic carbocycles. The van der Waals surface area contributed by atoms with Crippen molar-refractivity contribution in [1.29, 1.82) is 0 Å². The minimum atomic E-state index is -0.698. The second kappa shape index (κ2) is 10.8. The Bertz CT molecular complexity index is 798. The summed E-state index contributed by atoms with van der Waals surface area (Å²) < 4.78 is 10.6.